The fraction of sp³-hybridized carbons (Fsp3) is 0.385. The van der Waals surface area contributed by atoms with Gasteiger partial charge in [-0.15, -0.1) is 0 Å². The summed E-state index contributed by atoms with van der Waals surface area (Å²) in [5, 5.41) is 0.190. The monoisotopic (exact) mass is 313 g/mol. The van der Waals surface area contributed by atoms with Crippen LogP contribution in [0.2, 0.25) is 0 Å². The summed E-state index contributed by atoms with van der Waals surface area (Å²) in [6.45, 7) is 2.37. The van der Waals surface area contributed by atoms with Gasteiger partial charge in [-0.05, 0) is 12.5 Å². The summed E-state index contributed by atoms with van der Waals surface area (Å²) in [6.07, 6.45) is 0. The predicted octanol–water partition coefficient (Wildman–Crippen LogP) is 1.89. The van der Waals surface area contributed by atoms with Crippen molar-refractivity contribution >= 4 is 27.8 Å². The van der Waals surface area contributed by atoms with E-state index in [0.29, 0.717) is 6.54 Å². The molecule has 1 rings (SSSR count). The van der Waals surface area contributed by atoms with Crippen LogP contribution in [0.25, 0.3) is 0 Å². The van der Waals surface area contributed by atoms with E-state index < -0.39 is 5.97 Å². The minimum atomic E-state index is -0.420. The average molecular weight is 314 g/mol. The van der Waals surface area contributed by atoms with Gasteiger partial charge in [0.15, 0.2) is 0 Å². The molecule has 0 unspecified atom stereocenters. The van der Waals surface area contributed by atoms with E-state index in [1.807, 2.05) is 31.2 Å². The minimum Gasteiger partial charge on any atom is -0.468 e. The van der Waals surface area contributed by atoms with Crippen LogP contribution in [-0.2, 0) is 20.9 Å². The van der Waals surface area contributed by atoms with Gasteiger partial charge in [0.05, 0.1) is 12.4 Å². The topological polar surface area (TPSA) is 46.6 Å². The highest BCUT2D eigenvalue weighted by molar-refractivity contribution is 9.09. The quantitative estimate of drug-likeness (QED) is 0.616. The first kappa shape index (κ1) is 14.7. The number of nitrogens with zero attached hydrogens (tertiary/aromatic N) is 1. The van der Waals surface area contributed by atoms with E-state index in [1.54, 1.807) is 0 Å². The van der Waals surface area contributed by atoms with Crippen molar-refractivity contribution in [2.75, 3.05) is 19.0 Å². The largest absolute Gasteiger partial charge is 0.468 e. The number of methoxy groups -OCH3 is 1. The van der Waals surface area contributed by atoms with Gasteiger partial charge in [0, 0.05) is 6.54 Å². The molecule has 0 aliphatic rings. The number of halogens is 1. The Labute approximate surface area is 115 Å². The summed E-state index contributed by atoms with van der Waals surface area (Å²) in [5.41, 5.74) is 2.14. The van der Waals surface area contributed by atoms with Crippen LogP contribution in [-0.4, -0.2) is 35.8 Å². The van der Waals surface area contributed by atoms with Crippen LogP contribution in [0.15, 0.2) is 24.3 Å². The Morgan fingerprint density at radius 1 is 1.28 bits per heavy atom. The second-order valence-electron chi connectivity index (χ2n) is 3.95. The molecule has 5 heteroatoms. The SMILES string of the molecule is COC(=O)CN(Cc1ccc(C)cc1)C(=O)CBr. The molecule has 0 radical (unpaired) electrons. The van der Waals surface area contributed by atoms with Crippen molar-refractivity contribution in [3.63, 3.8) is 0 Å². The summed E-state index contributed by atoms with van der Waals surface area (Å²) < 4.78 is 4.58. The number of hydrogen-bond acceptors (Lipinski definition) is 3. The van der Waals surface area contributed by atoms with Crippen LogP contribution in [0.5, 0.6) is 0 Å². The Kier molecular flexibility index (Phi) is 5.85. The van der Waals surface area contributed by atoms with Crippen molar-refractivity contribution in [3.8, 4) is 0 Å². The zero-order valence-corrected chi connectivity index (χ0v) is 12.1. The molecule has 0 heterocycles. The molecule has 0 aromatic heterocycles. The number of ether oxygens (including phenoxy) is 1. The van der Waals surface area contributed by atoms with Crippen LogP contribution in [0.1, 0.15) is 11.1 Å². The van der Waals surface area contributed by atoms with Crippen LogP contribution in [0.4, 0.5) is 0 Å². The van der Waals surface area contributed by atoms with Crippen LogP contribution in [0, 0.1) is 6.92 Å². The minimum absolute atomic E-state index is 0.0329. The number of rotatable bonds is 5. The predicted molar refractivity (Wildman–Crippen MR) is 72.4 cm³/mol. The fourth-order valence-electron chi connectivity index (χ4n) is 1.45. The number of amides is 1. The van der Waals surface area contributed by atoms with E-state index in [4.69, 9.17) is 0 Å². The normalized spacial score (nSPS) is 9.94. The Morgan fingerprint density at radius 2 is 1.89 bits per heavy atom. The lowest BCUT2D eigenvalue weighted by Gasteiger charge is -2.20. The summed E-state index contributed by atoms with van der Waals surface area (Å²) in [6, 6.07) is 7.84. The van der Waals surface area contributed by atoms with E-state index in [9.17, 15) is 9.59 Å². The summed E-state index contributed by atoms with van der Waals surface area (Å²) in [5.74, 6) is -0.558. The first-order valence-electron chi connectivity index (χ1n) is 5.53. The van der Waals surface area contributed by atoms with E-state index in [2.05, 4.69) is 20.7 Å². The Bertz CT molecular complexity index is 417. The highest BCUT2D eigenvalue weighted by atomic mass is 79.9. The van der Waals surface area contributed by atoms with Gasteiger partial charge in [0.1, 0.15) is 6.54 Å². The van der Waals surface area contributed by atoms with Gasteiger partial charge in [-0.2, -0.15) is 0 Å². The molecule has 4 nitrogen and oxygen atoms in total. The molecule has 0 bridgehead atoms. The smallest absolute Gasteiger partial charge is 0.325 e. The highest BCUT2D eigenvalue weighted by Crippen LogP contribution is 2.08. The van der Waals surface area contributed by atoms with Gasteiger partial charge in [-0.3, -0.25) is 9.59 Å². The second-order valence-corrected chi connectivity index (χ2v) is 4.51. The molecule has 0 atom stereocenters. The second kappa shape index (κ2) is 7.16. The molecular formula is C13H16BrNO3. The zero-order chi connectivity index (χ0) is 13.5. The molecule has 98 valence electrons. The Hall–Kier alpha value is -1.36. The van der Waals surface area contributed by atoms with Gasteiger partial charge in [0.25, 0.3) is 0 Å². The number of carbonyl (C=O) groups excluding carboxylic acids is 2. The van der Waals surface area contributed by atoms with E-state index in [-0.39, 0.29) is 17.8 Å². The number of alkyl halides is 1. The third-order valence-corrected chi connectivity index (χ3v) is 2.99. The van der Waals surface area contributed by atoms with Crippen molar-refractivity contribution in [3.05, 3.63) is 35.4 Å². The van der Waals surface area contributed by atoms with Crippen molar-refractivity contribution in [2.45, 2.75) is 13.5 Å². The van der Waals surface area contributed by atoms with Crippen molar-refractivity contribution in [1.29, 1.82) is 0 Å². The van der Waals surface area contributed by atoms with Crippen molar-refractivity contribution in [1.82, 2.24) is 4.90 Å². The van der Waals surface area contributed by atoms with Crippen molar-refractivity contribution < 1.29 is 14.3 Å². The van der Waals surface area contributed by atoms with Crippen LogP contribution in [0.3, 0.4) is 0 Å². The van der Waals surface area contributed by atoms with Gasteiger partial charge >= 0.3 is 5.97 Å². The first-order valence-corrected chi connectivity index (χ1v) is 6.65. The summed E-state index contributed by atoms with van der Waals surface area (Å²) in [7, 11) is 1.31. The number of esters is 1. The molecular weight excluding hydrogens is 298 g/mol. The molecule has 0 fully saturated rings. The van der Waals surface area contributed by atoms with Crippen LogP contribution >= 0.6 is 15.9 Å². The van der Waals surface area contributed by atoms with E-state index in [1.165, 1.54) is 12.0 Å². The molecule has 0 aliphatic heterocycles. The Balaban J connectivity index is 2.74. The molecule has 0 aliphatic carbocycles. The molecule has 0 spiro atoms. The number of carbonyl (C=O) groups is 2. The highest BCUT2D eigenvalue weighted by Gasteiger charge is 2.16. The molecule has 0 saturated heterocycles. The lowest BCUT2D eigenvalue weighted by molar-refractivity contribution is -0.146. The summed E-state index contributed by atoms with van der Waals surface area (Å²) in [4.78, 5) is 24.4. The maximum absolute atomic E-state index is 11.7. The van der Waals surface area contributed by atoms with Gasteiger partial charge in [-0.25, -0.2) is 0 Å². The van der Waals surface area contributed by atoms with E-state index in [0.717, 1.165) is 11.1 Å². The molecule has 1 aromatic carbocycles. The van der Waals surface area contributed by atoms with Gasteiger partial charge < -0.3 is 9.64 Å². The maximum atomic E-state index is 11.7. The fourth-order valence-corrected chi connectivity index (χ4v) is 1.81. The lowest BCUT2D eigenvalue weighted by Crippen LogP contribution is -2.36. The standard InChI is InChI=1S/C13H16BrNO3/c1-10-3-5-11(6-4-10)8-15(12(16)7-14)9-13(17)18-2/h3-6H,7-9H2,1-2H3. The molecule has 1 aromatic rings. The zero-order valence-electron chi connectivity index (χ0n) is 10.5. The summed E-state index contributed by atoms with van der Waals surface area (Å²) >= 11 is 3.11. The maximum Gasteiger partial charge on any atom is 0.325 e. The third-order valence-electron chi connectivity index (χ3n) is 2.51. The molecule has 0 N–H and O–H groups in total. The Morgan fingerprint density at radius 3 is 2.39 bits per heavy atom. The number of benzene rings is 1. The molecule has 1 amide bonds. The third kappa shape index (κ3) is 4.49. The van der Waals surface area contributed by atoms with Gasteiger partial charge in [0.2, 0.25) is 5.91 Å². The average Bonchev–Trinajstić information content (AvgIpc) is 2.39. The number of hydrogen-bond donors (Lipinski definition) is 0. The van der Waals surface area contributed by atoms with E-state index >= 15 is 0 Å². The number of aryl methyl sites for hydroxylation is 1. The first-order chi connectivity index (χ1) is 8.56. The van der Waals surface area contributed by atoms with Crippen LogP contribution < -0.4 is 0 Å². The van der Waals surface area contributed by atoms with Crippen molar-refractivity contribution in [2.24, 2.45) is 0 Å². The lowest BCUT2D eigenvalue weighted by atomic mass is 10.1. The molecule has 0 saturated carbocycles. The molecule has 18 heavy (non-hydrogen) atoms. The van der Waals surface area contributed by atoms with Gasteiger partial charge in [-0.1, -0.05) is 45.8 Å².